The fraction of sp³-hybridized carbons (Fsp3) is 0. The van der Waals surface area contributed by atoms with Gasteiger partial charge in [-0.2, -0.15) is 0 Å². The van der Waals surface area contributed by atoms with E-state index in [9.17, 15) is 5.26 Å². The summed E-state index contributed by atoms with van der Waals surface area (Å²) < 4.78 is 2.83. The Morgan fingerprint density at radius 1 is 0.327 bits per heavy atom. The summed E-state index contributed by atoms with van der Waals surface area (Å²) in [6.07, 6.45) is 0. The Morgan fingerprint density at radius 2 is 0.782 bits per heavy atom. The minimum absolute atomic E-state index is 0.142. The predicted octanol–water partition coefficient (Wildman–Crippen LogP) is 14.2. The van der Waals surface area contributed by atoms with Crippen molar-refractivity contribution in [1.29, 1.82) is 5.26 Å². The molecule has 1 aromatic heterocycles. The fourth-order valence-corrected chi connectivity index (χ4v) is 11.5. The number of nitrogens with zero attached hydrogens (tertiary/aromatic N) is 1. The first-order chi connectivity index (χ1) is 27.3. The molecule has 0 unspecified atom stereocenters. The van der Waals surface area contributed by atoms with Crippen LogP contribution in [0.5, 0.6) is 0 Å². The maximum atomic E-state index is 10.2. The average Bonchev–Trinajstić information content (AvgIpc) is 3.63. The van der Waals surface area contributed by atoms with E-state index in [0.29, 0.717) is 5.56 Å². The molecule has 0 aliphatic heterocycles. The second-order valence-electron chi connectivity index (χ2n) is 14.2. The molecule has 1 nitrogen and oxygen atoms in total. The predicted molar refractivity (Wildman–Crippen MR) is 235 cm³/mol. The van der Waals surface area contributed by atoms with Gasteiger partial charge in [-0.05, 0) is 0 Å². The molecule has 0 aliphatic carbocycles. The van der Waals surface area contributed by atoms with Crippen molar-refractivity contribution >= 4 is 76.9 Å². The number of fused-ring (bicyclic) bond motifs is 7. The van der Waals surface area contributed by atoms with Crippen molar-refractivity contribution < 1.29 is 0 Å². The van der Waals surface area contributed by atoms with Gasteiger partial charge in [0, 0.05) is 0 Å². The average molecular weight is 761 g/mol. The van der Waals surface area contributed by atoms with Crippen molar-refractivity contribution in [3.8, 4) is 50.6 Å². The van der Waals surface area contributed by atoms with E-state index in [-0.39, 0.29) is 14.5 Å². The molecule has 55 heavy (non-hydrogen) atoms. The van der Waals surface area contributed by atoms with Crippen molar-refractivity contribution in [2.75, 3.05) is 0 Å². The first-order valence-electron chi connectivity index (χ1n) is 18.7. The number of rotatable bonds is 4. The quantitative estimate of drug-likeness (QED) is 0.129. The van der Waals surface area contributed by atoms with Gasteiger partial charge in [0.05, 0.1) is 0 Å². The zero-order chi connectivity index (χ0) is 36.5. The number of nitriles is 1. The molecule has 0 atom stereocenters. The zero-order valence-electron chi connectivity index (χ0n) is 29.8. The first kappa shape index (κ1) is 31.7. The number of benzene rings is 10. The summed E-state index contributed by atoms with van der Waals surface area (Å²) in [6, 6.07) is 70.7. The molecule has 11 aromatic rings. The van der Waals surface area contributed by atoms with E-state index in [1.165, 1.54) is 85.0 Å². The van der Waals surface area contributed by atoms with Crippen molar-refractivity contribution in [3.63, 3.8) is 0 Å². The van der Waals surface area contributed by atoms with Crippen LogP contribution >= 0.6 is 0 Å². The molecular formula is C53H31NSe. The summed E-state index contributed by atoms with van der Waals surface area (Å²) in [5.41, 5.74) is 10.4. The van der Waals surface area contributed by atoms with E-state index in [2.05, 4.69) is 176 Å². The zero-order valence-corrected chi connectivity index (χ0v) is 31.5. The van der Waals surface area contributed by atoms with E-state index >= 15 is 0 Å². The minimum atomic E-state index is 0.142. The first-order valence-corrected chi connectivity index (χ1v) is 20.4. The van der Waals surface area contributed by atoms with E-state index in [1.54, 1.807) is 0 Å². The Morgan fingerprint density at radius 3 is 1.35 bits per heavy atom. The van der Waals surface area contributed by atoms with Crippen LogP contribution in [0.2, 0.25) is 0 Å². The van der Waals surface area contributed by atoms with Gasteiger partial charge >= 0.3 is 326 Å². The van der Waals surface area contributed by atoms with Crippen LogP contribution in [0.4, 0.5) is 0 Å². The number of hydrogen-bond donors (Lipinski definition) is 0. The van der Waals surface area contributed by atoms with Crippen LogP contribution in [0.1, 0.15) is 5.56 Å². The topological polar surface area (TPSA) is 23.8 Å². The van der Waals surface area contributed by atoms with E-state index < -0.39 is 0 Å². The Kier molecular flexibility index (Phi) is 7.32. The molecule has 0 saturated heterocycles. The van der Waals surface area contributed by atoms with Gasteiger partial charge in [-0.15, -0.1) is 0 Å². The molecule has 0 N–H and O–H groups in total. The summed E-state index contributed by atoms with van der Waals surface area (Å²) in [6.45, 7) is 0. The second kappa shape index (κ2) is 12.7. The van der Waals surface area contributed by atoms with Gasteiger partial charge in [0.1, 0.15) is 0 Å². The summed E-state index contributed by atoms with van der Waals surface area (Å²) in [5.74, 6) is 0. The molecule has 0 saturated carbocycles. The molecule has 1 heterocycles. The van der Waals surface area contributed by atoms with Crippen LogP contribution < -0.4 is 0 Å². The monoisotopic (exact) mass is 761 g/mol. The fourth-order valence-electron chi connectivity index (χ4n) is 9.05. The third-order valence-electron chi connectivity index (χ3n) is 11.3. The van der Waals surface area contributed by atoms with Crippen LogP contribution in [0, 0.1) is 11.3 Å². The van der Waals surface area contributed by atoms with Gasteiger partial charge in [-0.1, -0.05) is 0 Å². The molecule has 0 spiro atoms. The molecule has 0 aliphatic rings. The maximum absolute atomic E-state index is 10.2. The third kappa shape index (κ3) is 4.85. The molecule has 10 aromatic carbocycles. The second-order valence-corrected chi connectivity index (χ2v) is 16.5. The summed E-state index contributed by atoms with van der Waals surface area (Å²) in [7, 11) is 0. The summed E-state index contributed by atoms with van der Waals surface area (Å²) in [4.78, 5) is 0. The molecule has 0 fully saturated rings. The SMILES string of the molecule is N#Cc1ccccc1-c1c2ccccc2c(-c2cccc3[se]c4cc(-c5c6ccccc6c(-c6ccccc6)c6ccccc56)ccc4c23)c2ccccc12. The van der Waals surface area contributed by atoms with Gasteiger partial charge in [-0.3, -0.25) is 0 Å². The molecule has 2 heteroatoms. The van der Waals surface area contributed by atoms with Gasteiger partial charge in [-0.25, -0.2) is 0 Å². The Balaban J connectivity index is 1.18. The Labute approximate surface area is 324 Å². The van der Waals surface area contributed by atoms with E-state index in [4.69, 9.17) is 0 Å². The Hall–Kier alpha value is -6.75. The summed E-state index contributed by atoms with van der Waals surface area (Å²) in [5, 5.41) is 22.7. The third-order valence-corrected chi connectivity index (χ3v) is 13.6. The molecule has 254 valence electrons. The Bertz CT molecular complexity index is 3270. The van der Waals surface area contributed by atoms with Gasteiger partial charge in [0.15, 0.2) is 0 Å². The molecular weight excluding hydrogens is 730 g/mol. The van der Waals surface area contributed by atoms with Crippen LogP contribution in [-0.2, 0) is 0 Å². The van der Waals surface area contributed by atoms with Crippen LogP contribution in [0.15, 0.2) is 188 Å². The van der Waals surface area contributed by atoms with Crippen molar-refractivity contribution in [1.82, 2.24) is 0 Å². The van der Waals surface area contributed by atoms with Crippen molar-refractivity contribution in [2.45, 2.75) is 0 Å². The molecule has 0 bridgehead atoms. The molecule has 11 rings (SSSR count). The normalized spacial score (nSPS) is 11.6. The molecule has 0 radical (unpaired) electrons. The van der Waals surface area contributed by atoms with Crippen molar-refractivity contribution in [2.24, 2.45) is 0 Å². The molecule has 0 amide bonds. The summed E-state index contributed by atoms with van der Waals surface area (Å²) >= 11 is 0.142. The van der Waals surface area contributed by atoms with Gasteiger partial charge in [0.25, 0.3) is 0 Å². The van der Waals surface area contributed by atoms with Crippen LogP contribution in [0.25, 0.3) is 107 Å². The van der Waals surface area contributed by atoms with Gasteiger partial charge < -0.3 is 0 Å². The standard InChI is InChI=1S/C53H31NSe/c54-32-35-17-4-5-18-36(35)51-41-23-10-12-25-43(41)52(44-26-13-11-24-42(44)51)46-27-14-28-47-53(46)45-30-29-34(31-48(45)55-47)50-39-21-8-6-19-37(39)49(33-15-2-1-3-16-33)38-20-7-9-22-40(38)50/h1-31H. The van der Waals surface area contributed by atoms with E-state index in [1.807, 2.05) is 18.2 Å². The number of hydrogen-bond acceptors (Lipinski definition) is 1. The van der Waals surface area contributed by atoms with Crippen LogP contribution in [0.3, 0.4) is 0 Å². The van der Waals surface area contributed by atoms with Crippen LogP contribution in [-0.4, -0.2) is 14.5 Å². The van der Waals surface area contributed by atoms with Crippen molar-refractivity contribution in [3.05, 3.63) is 194 Å². The van der Waals surface area contributed by atoms with E-state index in [0.717, 1.165) is 21.9 Å². The van der Waals surface area contributed by atoms with Gasteiger partial charge in [0.2, 0.25) is 0 Å².